The number of halogens is 3. The van der Waals surface area contributed by atoms with Crippen molar-refractivity contribution in [3.63, 3.8) is 0 Å². The van der Waals surface area contributed by atoms with Crippen LogP contribution in [0.25, 0.3) is 22.8 Å². The van der Waals surface area contributed by atoms with Gasteiger partial charge >= 0.3 is 5.84 Å². The molecule has 1 fully saturated rings. The van der Waals surface area contributed by atoms with E-state index in [2.05, 4.69) is 20.6 Å². The summed E-state index contributed by atoms with van der Waals surface area (Å²) in [5.74, 6) is 0.0601. The molecule has 2 aliphatic rings. The molecule has 2 atom stereocenters. The summed E-state index contributed by atoms with van der Waals surface area (Å²) in [5.41, 5.74) is 2.81. The molecule has 0 saturated carbocycles. The number of oxazole rings is 1. The number of hydrogen-bond acceptors (Lipinski definition) is 7. The number of fused-ring (bicyclic) bond motifs is 1. The molecule has 9 nitrogen and oxygen atoms in total. The maximum Gasteiger partial charge on any atom is 0.306 e. The molecule has 2 aromatic carbocycles. The molecule has 0 spiro atoms. The Balaban J connectivity index is 1.21. The summed E-state index contributed by atoms with van der Waals surface area (Å²) < 4.78 is 48.9. The van der Waals surface area contributed by atoms with Gasteiger partial charge in [-0.05, 0) is 61.4 Å². The molecule has 1 saturated heterocycles. The number of aliphatic imine (C=N–C) groups is 1. The molecule has 2 N–H and O–H groups in total. The summed E-state index contributed by atoms with van der Waals surface area (Å²) in [6, 6.07) is 10.3. The first kappa shape index (κ1) is 26.0. The van der Waals surface area contributed by atoms with Crippen molar-refractivity contribution < 1.29 is 17.2 Å². The molecule has 0 radical (unpaired) electrons. The van der Waals surface area contributed by atoms with Crippen LogP contribution < -0.4 is 10.6 Å². The molecular weight excluding hydrogens is 566 g/mol. The molecule has 39 heavy (non-hydrogen) atoms. The Morgan fingerprint density at radius 3 is 2.67 bits per heavy atom. The molecule has 4 heterocycles. The molecular formula is C26H23Cl2FN6O3S. The minimum Gasteiger partial charge on any atom is -0.432 e. The number of allylic oxidation sites excluding steroid dienone is 1. The highest BCUT2D eigenvalue weighted by Gasteiger charge is 2.32. The Morgan fingerprint density at radius 1 is 1.13 bits per heavy atom. The molecule has 0 amide bonds. The highest BCUT2D eigenvalue weighted by Crippen LogP contribution is 2.31. The maximum absolute atomic E-state index is 13.6. The first-order valence-electron chi connectivity index (χ1n) is 12.2. The van der Waals surface area contributed by atoms with Crippen LogP contribution in [0.4, 0.5) is 4.39 Å². The zero-order valence-corrected chi connectivity index (χ0v) is 22.7. The average Bonchev–Trinajstić information content (AvgIpc) is 3.51. The highest BCUT2D eigenvalue weighted by molar-refractivity contribution is 7.89. The fraction of sp³-hybridized carbons (Fsp3) is 0.231. The van der Waals surface area contributed by atoms with Crippen LogP contribution >= 0.6 is 23.2 Å². The van der Waals surface area contributed by atoms with Crippen molar-refractivity contribution >= 4 is 51.0 Å². The predicted octanol–water partition coefficient (Wildman–Crippen LogP) is 4.78. The molecule has 1 unspecified atom stereocenters. The number of aromatic nitrogens is 2. The summed E-state index contributed by atoms with van der Waals surface area (Å²) in [4.78, 5) is 9.17. The number of nitrogens with one attached hydrogen (secondary N) is 2. The zero-order valence-electron chi connectivity index (χ0n) is 20.4. The number of imidazole rings is 1. The van der Waals surface area contributed by atoms with Crippen molar-refractivity contribution in [3.05, 3.63) is 82.6 Å². The molecule has 0 aliphatic carbocycles. The Hall–Kier alpha value is -3.22. The van der Waals surface area contributed by atoms with Crippen LogP contribution in [0.15, 0.2) is 75.3 Å². The van der Waals surface area contributed by atoms with Crippen LogP contribution in [0.3, 0.4) is 0 Å². The van der Waals surface area contributed by atoms with E-state index in [1.54, 1.807) is 28.9 Å². The monoisotopic (exact) mass is 588 g/mol. The van der Waals surface area contributed by atoms with E-state index in [4.69, 9.17) is 27.6 Å². The van der Waals surface area contributed by atoms with Gasteiger partial charge in [0.15, 0.2) is 6.29 Å². The van der Waals surface area contributed by atoms with Crippen molar-refractivity contribution in [3.8, 4) is 11.3 Å². The summed E-state index contributed by atoms with van der Waals surface area (Å²) in [6.45, 7) is 0.658. The summed E-state index contributed by atoms with van der Waals surface area (Å²) in [7, 11) is -3.78. The van der Waals surface area contributed by atoms with E-state index in [0.29, 0.717) is 24.5 Å². The lowest BCUT2D eigenvalue weighted by molar-refractivity contribution is 0.262. The van der Waals surface area contributed by atoms with E-state index < -0.39 is 16.3 Å². The van der Waals surface area contributed by atoms with E-state index in [0.717, 1.165) is 23.4 Å². The molecule has 202 valence electrons. The Morgan fingerprint density at radius 2 is 1.90 bits per heavy atom. The van der Waals surface area contributed by atoms with Gasteiger partial charge in [0.1, 0.15) is 17.8 Å². The van der Waals surface area contributed by atoms with Crippen molar-refractivity contribution in [2.45, 2.75) is 30.1 Å². The number of nitrogens with zero attached hydrogens (tertiary/aromatic N) is 4. The third-order valence-corrected chi connectivity index (χ3v) is 8.93. The third kappa shape index (κ3) is 5.20. The number of benzene rings is 2. The van der Waals surface area contributed by atoms with Gasteiger partial charge in [0, 0.05) is 47.2 Å². The van der Waals surface area contributed by atoms with E-state index in [1.165, 1.54) is 40.9 Å². The van der Waals surface area contributed by atoms with Gasteiger partial charge in [-0.2, -0.15) is 9.29 Å². The molecule has 0 bridgehead atoms. The fourth-order valence-electron chi connectivity index (χ4n) is 4.87. The van der Waals surface area contributed by atoms with Gasteiger partial charge in [0.05, 0.1) is 16.3 Å². The van der Waals surface area contributed by atoms with Crippen LogP contribution in [0.2, 0.25) is 10.0 Å². The van der Waals surface area contributed by atoms with Gasteiger partial charge in [-0.15, -0.1) is 0 Å². The molecule has 6 rings (SSSR count). The number of rotatable bonds is 6. The maximum atomic E-state index is 13.6. The Labute approximate surface area is 234 Å². The van der Waals surface area contributed by atoms with Crippen LogP contribution in [0.5, 0.6) is 0 Å². The third-order valence-electron chi connectivity index (χ3n) is 6.65. The van der Waals surface area contributed by atoms with Gasteiger partial charge in [-0.25, -0.2) is 12.8 Å². The number of hydrogen-bond donors (Lipinski definition) is 2. The van der Waals surface area contributed by atoms with Gasteiger partial charge < -0.3 is 9.73 Å². The molecule has 2 aliphatic heterocycles. The lowest BCUT2D eigenvalue weighted by Gasteiger charge is -2.34. The van der Waals surface area contributed by atoms with Gasteiger partial charge in [0.2, 0.25) is 10.0 Å². The van der Waals surface area contributed by atoms with Crippen molar-refractivity contribution in [1.82, 2.24) is 24.3 Å². The summed E-state index contributed by atoms with van der Waals surface area (Å²) >= 11 is 12.1. The standard InChI is InChI=1S/C26H23Cl2FN6O3S/c27-17-12-18(28)14-21(13-17)39(36,37)34-9-1-2-20(15-34)31-25-30-8-7-22(32-25)24-23(16-3-5-19(29)6-4-16)33-26-35(24)10-11-38-26/h3-8,10-14,20,25,31-32H,1-2,9,15H2/t20-,25?/m1/s1. The lowest BCUT2D eigenvalue weighted by atomic mass is 10.1. The largest absolute Gasteiger partial charge is 0.432 e. The van der Waals surface area contributed by atoms with Crippen LogP contribution in [-0.2, 0) is 10.0 Å². The van der Waals surface area contributed by atoms with Crippen LogP contribution in [0.1, 0.15) is 18.5 Å². The topological polar surface area (TPSA) is 104 Å². The minimum atomic E-state index is -3.78. The number of piperidine rings is 1. The van der Waals surface area contributed by atoms with Crippen LogP contribution in [-0.4, -0.2) is 53.7 Å². The summed E-state index contributed by atoms with van der Waals surface area (Å²) in [5, 5.41) is 7.33. The van der Waals surface area contributed by atoms with Crippen LogP contribution in [0, 0.1) is 5.82 Å². The van der Waals surface area contributed by atoms with E-state index >= 15 is 0 Å². The normalized spacial score (nSPS) is 20.2. The first-order valence-corrected chi connectivity index (χ1v) is 14.4. The van der Waals surface area contributed by atoms with E-state index in [9.17, 15) is 12.8 Å². The first-order chi connectivity index (χ1) is 18.8. The SMILES string of the molecule is O=S(=O)(c1cc(Cl)cc(Cl)c1)N1CCC[C@@H](NC2N=CC=C(c3c(-c4ccc(F)cc4)nc4occn34)N2)C1. The van der Waals surface area contributed by atoms with E-state index in [-0.39, 0.29) is 33.3 Å². The van der Waals surface area contributed by atoms with E-state index in [1.807, 2.05) is 6.08 Å². The minimum absolute atomic E-state index is 0.0675. The quantitative estimate of drug-likeness (QED) is 0.336. The van der Waals surface area contributed by atoms with Crippen molar-refractivity contribution in [2.75, 3.05) is 13.1 Å². The summed E-state index contributed by atoms with van der Waals surface area (Å²) in [6.07, 6.45) is 7.73. The number of sulfonamides is 1. The Bertz CT molecular complexity index is 1680. The molecule has 4 aromatic rings. The second kappa shape index (κ2) is 10.4. The predicted molar refractivity (Wildman–Crippen MR) is 148 cm³/mol. The highest BCUT2D eigenvalue weighted by atomic mass is 35.5. The second-order valence-corrected chi connectivity index (χ2v) is 12.1. The smallest absolute Gasteiger partial charge is 0.306 e. The lowest BCUT2D eigenvalue weighted by Crippen LogP contribution is -2.53. The van der Waals surface area contributed by atoms with Gasteiger partial charge in [-0.1, -0.05) is 23.2 Å². The zero-order chi connectivity index (χ0) is 27.1. The fourth-order valence-corrected chi connectivity index (χ4v) is 7.12. The van der Waals surface area contributed by atoms with Crippen molar-refractivity contribution in [2.24, 2.45) is 4.99 Å². The molecule has 2 aromatic heterocycles. The van der Waals surface area contributed by atoms with Crippen molar-refractivity contribution in [1.29, 1.82) is 0 Å². The average molecular weight is 589 g/mol. The van der Waals surface area contributed by atoms with Gasteiger partial charge in [-0.3, -0.25) is 14.7 Å². The van der Waals surface area contributed by atoms with Gasteiger partial charge in [0.25, 0.3) is 0 Å². The Kier molecular flexibility index (Phi) is 6.94. The second-order valence-electron chi connectivity index (χ2n) is 9.27. The molecule has 13 heteroatoms.